The van der Waals surface area contributed by atoms with Crippen molar-refractivity contribution in [1.82, 2.24) is 0 Å². The molecule has 1 aromatic carbocycles. The van der Waals surface area contributed by atoms with Crippen LogP contribution in [0.1, 0.15) is 15.2 Å². The molecule has 0 unspecified atom stereocenters. The lowest BCUT2D eigenvalue weighted by Crippen LogP contribution is -2.11. The van der Waals surface area contributed by atoms with E-state index >= 15 is 0 Å². The molecular weight excluding hydrogens is 305 g/mol. The van der Waals surface area contributed by atoms with Crippen molar-refractivity contribution in [3.05, 3.63) is 50.4 Å². The molecule has 1 aromatic heterocycles. The van der Waals surface area contributed by atoms with E-state index in [4.69, 9.17) is 0 Å². The Morgan fingerprint density at radius 1 is 1.41 bits per heavy atom. The van der Waals surface area contributed by atoms with Crippen LogP contribution in [-0.2, 0) is 0 Å². The number of hydrogen-bond donors (Lipinski definition) is 1. The van der Waals surface area contributed by atoms with Crippen LogP contribution in [0.4, 0.5) is 10.1 Å². The minimum Gasteiger partial charge on any atom is -0.321 e. The largest absolute Gasteiger partial charge is 0.321 e. The van der Waals surface area contributed by atoms with E-state index in [1.54, 1.807) is 0 Å². The van der Waals surface area contributed by atoms with Gasteiger partial charge in [-0.05, 0) is 58.1 Å². The highest BCUT2D eigenvalue weighted by Crippen LogP contribution is 2.22. The Morgan fingerprint density at radius 3 is 2.76 bits per heavy atom. The summed E-state index contributed by atoms with van der Waals surface area (Å²) < 4.78 is 13.3. The third kappa shape index (κ3) is 2.73. The van der Waals surface area contributed by atoms with Crippen molar-refractivity contribution in [3.63, 3.8) is 0 Å². The van der Waals surface area contributed by atoms with E-state index < -0.39 is 0 Å². The molecule has 1 amide bonds. The number of carbonyl (C=O) groups excluding carboxylic acids is 1. The van der Waals surface area contributed by atoms with Gasteiger partial charge in [-0.2, -0.15) is 0 Å². The van der Waals surface area contributed by atoms with Gasteiger partial charge in [0.1, 0.15) is 5.82 Å². The lowest BCUT2D eigenvalue weighted by molar-refractivity contribution is 0.103. The fourth-order valence-corrected chi connectivity index (χ4v) is 2.57. The minimum absolute atomic E-state index is 0.170. The number of anilines is 1. The molecule has 0 aliphatic carbocycles. The SMILES string of the molecule is Cc1ccsc1C(=O)Nc1ccc(F)c(Br)c1. The van der Waals surface area contributed by atoms with Crippen LogP contribution in [-0.4, -0.2) is 5.91 Å². The van der Waals surface area contributed by atoms with E-state index in [0.717, 1.165) is 5.56 Å². The molecule has 0 saturated carbocycles. The van der Waals surface area contributed by atoms with Gasteiger partial charge in [0.05, 0.1) is 9.35 Å². The van der Waals surface area contributed by atoms with Gasteiger partial charge in [-0.1, -0.05) is 0 Å². The summed E-state index contributed by atoms with van der Waals surface area (Å²) >= 11 is 4.46. The molecule has 0 fully saturated rings. The second-order valence-corrected chi connectivity index (χ2v) is 5.29. The third-order valence-corrected chi connectivity index (χ3v) is 3.87. The summed E-state index contributed by atoms with van der Waals surface area (Å²) in [4.78, 5) is 12.6. The quantitative estimate of drug-likeness (QED) is 0.884. The lowest BCUT2D eigenvalue weighted by Gasteiger charge is -2.05. The summed E-state index contributed by atoms with van der Waals surface area (Å²) in [5.41, 5.74) is 1.50. The first-order valence-corrected chi connectivity index (χ1v) is 6.55. The lowest BCUT2D eigenvalue weighted by atomic mass is 10.2. The maximum atomic E-state index is 13.0. The Kier molecular flexibility index (Phi) is 3.59. The Bertz CT molecular complexity index is 567. The monoisotopic (exact) mass is 313 g/mol. The highest BCUT2D eigenvalue weighted by Gasteiger charge is 2.11. The van der Waals surface area contributed by atoms with Crippen LogP contribution in [0, 0.1) is 12.7 Å². The third-order valence-electron chi connectivity index (χ3n) is 2.25. The first-order chi connectivity index (χ1) is 8.08. The summed E-state index contributed by atoms with van der Waals surface area (Å²) in [6, 6.07) is 6.26. The van der Waals surface area contributed by atoms with E-state index in [0.29, 0.717) is 15.0 Å². The second-order valence-electron chi connectivity index (χ2n) is 3.52. The molecule has 1 heterocycles. The number of aryl methyl sites for hydroxylation is 1. The van der Waals surface area contributed by atoms with Crippen molar-refractivity contribution < 1.29 is 9.18 Å². The van der Waals surface area contributed by atoms with Gasteiger partial charge < -0.3 is 5.32 Å². The van der Waals surface area contributed by atoms with Gasteiger partial charge in [0.25, 0.3) is 5.91 Å². The molecule has 5 heteroatoms. The highest BCUT2D eigenvalue weighted by molar-refractivity contribution is 9.10. The Balaban J connectivity index is 2.19. The standard InChI is InChI=1S/C12H9BrFNOS/c1-7-4-5-17-11(7)12(16)15-8-2-3-10(14)9(13)6-8/h2-6H,1H3,(H,15,16). The molecule has 0 spiro atoms. The molecule has 0 aliphatic rings. The first-order valence-electron chi connectivity index (χ1n) is 4.88. The van der Waals surface area contributed by atoms with Gasteiger partial charge >= 0.3 is 0 Å². The predicted octanol–water partition coefficient (Wildman–Crippen LogP) is 4.21. The van der Waals surface area contributed by atoms with Gasteiger partial charge in [-0.3, -0.25) is 4.79 Å². The second kappa shape index (κ2) is 4.98. The summed E-state index contributed by atoms with van der Waals surface area (Å²) in [6.45, 7) is 1.88. The number of benzene rings is 1. The van der Waals surface area contributed by atoms with E-state index in [1.165, 1.54) is 29.5 Å². The van der Waals surface area contributed by atoms with Crippen LogP contribution in [0.15, 0.2) is 34.1 Å². The molecular formula is C12H9BrFNOS. The van der Waals surface area contributed by atoms with Crippen LogP contribution >= 0.6 is 27.3 Å². The van der Waals surface area contributed by atoms with Crippen LogP contribution in [0.3, 0.4) is 0 Å². The molecule has 2 aromatic rings. The van der Waals surface area contributed by atoms with Crippen LogP contribution in [0.2, 0.25) is 0 Å². The molecule has 1 N–H and O–H groups in total. The summed E-state index contributed by atoms with van der Waals surface area (Å²) in [5.74, 6) is -0.522. The van der Waals surface area contributed by atoms with E-state index in [1.807, 2.05) is 18.4 Å². The number of rotatable bonds is 2. The van der Waals surface area contributed by atoms with Gasteiger partial charge in [0.15, 0.2) is 0 Å². The molecule has 0 saturated heterocycles. The van der Waals surface area contributed by atoms with Gasteiger partial charge in [0.2, 0.25) is 0 Å². The number of carbonyl (C=O) groups is 1. The van der Waals surface area contributed by atoms with Crippen molar-refractivity contribution in [2.24, 2.45) is 0 Å². The van der Waals surface area contributed by atoms with Crippen molar-refractivity contribution in [2.75, 3.05) is 5.32 Å². The Labute approximate surface area is 111 Å². The van der Waals surface area contributed by atoms with E-state index in [9.17, 15) is 9.18 Å². The first kappa shape index (κ1) is 12.3. The van der Waals surface area contributed by atoms with Gasteiger partial charge in [-0.25, -0.2) is 4.39 Å². The maximum Gasteiger partial charge on any atom is 0.265 e. The smallest absolute Gasteiger partial charge is 0.265 e. The number of nitrogens with one attached hydrogen (secondary N) is 1. The normalized spacial score (nSPS) is 10.3. The Morgan fingerprint density at radius 2 is 2.18 bits per heavy atom. The Hall–Kier alpha value is -1.20. The topological polar surface area (TPSA) is 29.1 Å². The molecule has 2 nitrogen and oxygen atoms in total. The van der Waals surface area contributed by atoms with E-state index in [-0.39, 0.29) is 11.7 Å². The predicted molar refractivity (Wildman–Crippen MR) is 71.1 cm³/mol. The van der Waals surface area contributed by atoms with Crippen LogP contribution in [0.25, 0.3) is 0 Å². The fourth-order valence-electron chi connectivity index (χ4n) is 1.37. The average molecular weight is 314 g/mol. The number of thiophene rings is 1. The van der Waals surface area contributed by atoms with Crippen LogP contribution in [0.5, 0.6) is 0 Å². The van der Waals surface area contributed by atoms with Gasteiger partial charge in [-0.15, -0.1) is 11.3 Å². The molecule has 0 atom stereocenters. The highest BCUT2D eigenvalue weighted by atomic mass is 79.9. The minimum atomic E-state index is -0.352. The summed E-state index contributed by atoms with van der Waals surface area (Å²) in [7, 11) is 0. The summed E-state index contributed by atoms with van der Waals surface area (Å²) in [5, 5.41) is 4.59. The zero-order valence-electron chi connectivity index (χ0n) is 8.96. The van der Waals surface area contributed by atoms with Crippen LogP contribution < -0.4 is 5.32 Å². The maximum absolute atomic E-state index is 13.0. The molecule has 0 bridgehead atoms. The molecule has 17 heavy (non-hydrogen) atoms. The molecule has 0 aliphatic heterocycles. The number of hydrogen-bond acceptors (Lipinski definition) is 2. The molecule has 0 radical (unpaired) electrons. The average Bonchev–Trinajstić information content (AvgIpc) is 2.70. The van der Waals surface area contributed by atoms with Crippen molar-refractivity contribution in [3.8, 4) is 0 Å². The summed E-state index contributed by atoms with van der Waals surface area (Å²) in [6.07, 6.45) is 0. The number of halogens is 2. The van der Waals surface area contributed by atoms with Crippen molar-refractivity contribution in [2.45, 2.75) is 6.92 Å². The fraction of sp³-hybridized carbons (Fsp3) is 0.0833. The molecule has 88 valence electrons. The van der Waals surface area contributed by atoms with E-state index in [2.05, 4.69) is 21.2 Å². The molecule has 2 rings (SSSR count). The van der Waals surface area contributed by atoms with Gasteiger partial charge in [0, 0.05) is 5.69 Å². The zero-order valence-corrected chi connectivity index (χ0v) is 11.4. The zero-order chi connectivity index (χ0) is 12.4. The van der Waals surface area contributed by atoms with Crippen molar-refractivity contribution >= 4 is 38.9 Å². The van der Waals surface area contributed by atoms with Crippen molar-refractivity contribution in [1.29, 1.82) is 0 Å². The number of amides is 1.